The predicted octanol–water partition coefficient (Wildman–Crippen LogP) is 0.639. The summed E-state index contributed by atoms with van der Waals surface area (Å²) in [6.45, 7) is 1.66. The van der Waals surface area contributed by atoms with Crippen molar-refractivity contribution in [3.8, 4) is 0 Å². The minimum atomic E-state index is -1.19. The van der Waals surface area contributed by atoms with Gasteiger partial charge in [0.1, 0.15) is 17.2 Å². The Labute approximate surface area is 134 Å². The van der Waals surface area contributed by atoms with E-state index in [9.17, 15) is 14.3 Å². The fraction of sp³-hybridized carbons (Fsp3) is 0.214. The van der Waals surface area contributed by atoms with Crippen molar-refractivity contribution in [1.29, 1.82) is 0 Å². The average Bonchev–Trinajstić information content (AvgIpc) is 2.94. The standard InChI is InChI=1S/C14H12FN5O2S/c1-8(14(21)22)23-13-11-12(16-7-17-13)20(19-18-11)6-9-4-2-3-5-10(9)15/h2-5,7-8H,6H2,1H3,(H,21,22)/p-1/t8-/m0/s1. The van der Waals surface area contributed by atoms with E-state index in [1.807, 2.05) is 0 Å². The van der Waals surface area contributed by atoms with Crippen LogP contribution in [0.2, 0.25) is 0 Å². The molecule has 0 radical (unpaired) electrons. The van der Waals surface area contributed by atoms with Crippen molar-refractivity contribution < 1.29 is 14.3 Å². The largest absolute Gasteiger partial charge is 0.549 e. The first-order chi connectivity index (χ1) is 11.1. The number of carboxylic acid groups (broad SMARTS) is 1. The van der Waals surface area contributed by atoms with Crippen LogP contribution in [0.4, 0.5) is 4.39 Å². The fourth-order valence-corrected chi connectivity index (χ4v) is 2.75. The Morgan fingerprint density at radius 2 is 2.17 bits per heavy atom. The molecule has 0 aliphatic heterocycles. The lowest BCUT2D eigenvalue weighted by molar-refractivity contribution is -0.304. The number of fused-ring (bicyclic) bond motifs is 1. The number of hydrogen-bond donors (Lipinski definition) is 0. The molecule has 23 heavy (non-hydrogen) atoms. The lowest BCUT2D eigenvalue weighted by Crippen LogP contribution is -2.31. The summed E-state index contributed by atoms with van der Waals surface area (Å²) >= 11 is 1.00. The van der Waals surface area contributed by atoms with Gasteiger partial charge < -0.3 is 9.90 Å². The van der Waals surface area contributed by atoms with Crippen molar-refractivity contribution in [1.82, 2.24) is 25.0 Å². The maximum Gasteiger partial charge on any atom is 0.183 e. The van der Waals surface area contributed by atoms with E-state index in [2.05, 4.69) is 20.3 Å². The molecule has 0 saturated heterocycles. The van der Waals surface area contributed by atoms with Crippen LogP contribution < -0.4 is 5.11 Å². The molecule has 1 aromatic carbocycles. The Morgan fingerprint density at radius 3 is 2.91 bits per heavy atom. The summed E-state index contributed by atoms with van der Waals surface area (Å²) in [7, 11) is 0. The first-order valence-electron chi connectivity index (χ1n) is 6.71. The highest BCUT2D eigenvalue weighted by Gasteiger charge is 2.16. The third kappa shape index (κ3) is 3.14. The third-order valence-electron chi connectivity index (χ3n) is 3.16. The molecule has 0 N–H and O–H groups in total. The number of hydrogen-bond acceptors (Lipinski definition) is 7. The molecule has 0 bridgehead atoms. The van der Waals surface area contributed by atoms with Crippen LogP contribution in [0, 0.1) is 5.82 Å². The number of nitrogens with zero attached hydrogens (tertiary/aromatic N) is 5. The van der Waals surface area contributed by atoms with E-state index in [0.717, 1.165) is 11.8 Å². The molecule has 2 heterocycles. The van der Waals surface area contributed by atoms with Gasteiger partial charge in [-0.15, -0.1) is 5.10 Å². The van der Waals surface area contributed by atoms with E-state index in [4.69, 9.17) is 0 Å². The number of carboxylic acids is 1. The zero-order chi connectivity index (χ0) is 16.4. The molecular weight excluding hydrogens is 321 g/mol. The first-order valence-corrected chi connectivity index (χ1v) is 7.59. The summed E-state index contributed by atoms with van der Waals surface area (Å²) < 4.78 is 15.2. The molecule has 118 valence electrons. The van der Waals surface area contributed by atoms with Crippen LogP contribution in [0.3, 0.4) is 0 Å². The summed E-state index contributed by atoms with van der Waals surface area (Å²) in [4.78, 5) is 19.0. The van der Waals surface area contributed by atoms with Gasteiger partial charge in [0.2, 0.25) is 0 Å². The van der Waals surface area contributed by atoms with Crippen LogP contribution in [-0.4, -0.2) is 36.2 Å². The average molecular weight is 332 g/mol. The Hall–Kier alpha value is -2.55. The Balaban J connectivity index is 1.95. The topological polar surface area (TPSA) is 96.6 Å². The summed E-state index contributed by atoms with van der Waals surface area (Å²) in [5.74, 6) is -1.54. The van der Waals surface area contributed by atoms with Gasteiger partial charge in [0.05, 0.1) is 12.5 Å². The highest BCUT2D eigenvalue weighted by molar-refractivity contribution is 8.00. The smallest absolute Gasteiger partial charge is 0.183 e. The molecule has 0 saturated carbocycles. The summed E-state index contributed by atoms with van der Waals surface area (Å²) in [5, 5.41) is 18.4. The van der Waals surface area contributed by atoms with Crippen molar-refractivity contribution in [3.63, 3.8) is 0 Å². The Kier molecular flexibility index (Phi) is 4.20. The summed E-state index contributed by atoms with van der Waals surface area (Å²) in [6.07, 6.45) is 1.30. The van der Waals surface area contributed by atoms with E-state index in [0.29, 0.717) is 21.8 Å². The minimum absolute atomic E-state index is 0.167. The van der Waals surface area contributed by atoms with Crippen molar-refractivity contribution in [3.05, 3.63) is 42.0 Å². The molecule has 9 heteroatoms. The molecule has 3 aromatic rings. The van der Waals surface area contributed by atoms with Crippen LogP contribution in [0.15, 0.2) is 35.6 Å². The fourth-order valence-electron chi connectivity index (χ4n) is 1.97. The van der Waals surface area contributed by atoms with Crippen molar-refractivity contribution in [2.75, 3.05) is 0 Å². The lowest BCUT2D eigenvalue weighted by atomic mass is 10.2. The number of benzene rings is 1. The van der Waals surface area contributed by atoms with Crippen LogP contribution in [0.5, 0.6) is 0 Å². The zero-order valence-electron chi connectivity index (χ0n) is 12.0. The molecule has 2 aromatic heterocycles. The minimum Gasteiger partial charge on any atom is -0.549 e. The molecule has 0 unspecified atom stereocenters. The second-order valence-corrected chi connectivity index (χ2v) is 6.10. The highest BCUT2D eigenvalue weighted by Crippen LogP contribution is 2.26. The van der Waals surface area contributed by atoms with E-state index in [1.165, 1.54) is 24.0 Å². The molecule has 1 atom stereocenters. The second kappa shape index (κ2) is 6.29. The van der Waals surface area contributed by atoms with Gasteiger partial charge in [-0.1, -0.05) is 35.2 Å². The van der Waals surface area contributed by atoms with Crippen LogP contribution >= 0.6 is 11.8 Å². The highest BCUT2D eigenvalue weighted by atomic mass is 32.2. The quantitative estimate of drug-likeness (QED) is 0.499. The number of aromatic nitrogens is 5. The number of halogens is 1. The summed E-state index contributed by atoms with van der Waals surface area (Å²) in [5.41, 5.74) is 1.24. The number of thioether (sulfide) groups is 1. The van der Waals surface area contributed by atoms with Gasteiger partial charge in [-0.25, -0.2) is 19.0 Å². The molecule has 0 fully saturated rings. The molecule has 0 spiro atoms. The van der Waals surface area contributed by atoms with Crippen LogP contribution in [0.25, 0.3) is 11.2 Å². The predicted molar refractivity (Wildman–Crippen MR) is 78.9 cm³/mol. The van der Waals surface area contributed by atoms with Gasteiger partial charge in [0, 0.05) is 10.8 Å². The zero-order valence-corrected chi connectivity index (χ0v) is 12.8. The van der Waals surface area contributed by atoms with E-state index in [-0.39, 0.29) is 12.4 Å². The van der Waals surface area contributed by atoms with Crippen molar-refractivity contribution >= 4 is 28.9 Å². The first kappa shape index (κ1) is 15.3. The summed E-state index contributed by atoms with van der Waals surface area (Å²) in [6, 6.07) is 6.36. The normalized spacial score (nSPS) is 12.4. The van der Waals surface area contributed by atoms with Gasteiger partial charge in [-0.05, 0) is 13.0 Å². The molecule has 0 aliphatic carbocycles. The van der Waals surface area contributed by atoms with Gasteiger partial charge in [0.25, 0.3) is 0 Å². The van der Waals surface area contributed by atoms with Gasteiger partial charge in [-0.3, -0.25) is 0 Å². The maximum atomic E-state index is 13.8. The number of aliphatic carboxylic acids is 1. The number of rotatable bonds is 5. The Bertz CT molecular complexity index is 869. The van der Waals surface area contributed by atoms with Gasteiger partial charge >= 0.3 is 0 Å². The Morgan fingerprint density at radius 1 is 1.39 bits per heavy atom. The second-order valence-electron chi connectivity index (χ2n) is 4.77. The third-order valence-corrected chi connectivity index (χ3v) is 4.23. The van der Waals surface area contributed by atoms with Crippen molar-refractivity contribution in [2.45, 2.75) is 23.7 Å². The number of carbonyl (C=O) groups is 1. The monoisotopic (exact) mass is 332 g/mol. The SMILES string of the molecule is C[C@H](Sc1ncnc2c1nnn2Cc1ccccc1F)C(=O)[O-]. The van der Waals surface area contributed by atoms with Crippen molar-refractivity contribution in [2.24, 2.45) is 0 Å². The van der Waals surface area contributed by atoms with E-state index < -0.39 is 11.2 Å². The molecule has 3 rings (SSSR count). The van der Waals surface area contributed by atoms with Crippen LogP contribution in [0.1, 0.15) is 12.5 Å². The molecule has 0 aliphatic rings. The van der Waals surface area contributed by atoms with Crippen LogP contribution in [-0.2, 0) is 11.3 Å². The maximum absolute atomic E-state index is 13.8. The van der Waals surface area contributed by atoms with Gasteiger partial charge in [-0.2, -0.15) is 0 Å². The molecule has 0 amide bonds. The molecular formula is C14H11FN5O2S-. The van der Waals surface area contributed by atoms with E-state index in [1.54, 1.807) is 18.2 Å². The number of carbonyl (C=O) groups excluding carboxylic acids is 1. The molecule has 7 nitrogen and oxygen atoms in total. The van der Waals surface area contributed by atoms with Gasteiger partial charge in [0.15, 0.2) is 11.2 Å². The van der Waals surface area contributed by atoms with E-state index >= 15 is 0 Å². The lowest BCUT2D eigenvalue weighted by Gasteiger charge is -2.10.